The van der Waals surface area contributed by atoms with Gasteiger partial charge in [-0.3, -0.25) is 5.32 Å². The highest BCUT2D eigenvalue weighted by Crippen LogP contribution is 2.31. The first-order chi connectivity index (χ1) is 12.2. The molecule has 0 unspecified atom stereocenters. The molecule has 0 aliphatic heterocycles. The average Bonchev–Trinajstić information content (AvgIpc) is 2.55. The lowest BCUT2D eigenvalue weighted by Gasteiger charge is -2.24. The van der Waals surface area contributed by atoms with E-state index in [1.54, 1.807) is 17.0 Å². The van der Waals surface area contributed by atoms with E-state index >= 15 is 0 Å². The van der Waals surface area contributed by atoms with Crippen LogP contribution in [-0.4, -0.2) is 17.7 Å². The van der Waals surface area contributed by atoms with Gasteiger partial charge in [0.2, 0.25) is 0 Å². The molecule has 2 rings (SSSR count). The molecule has 0 radical (unpaired) electrons. The molecule has 2 aromatic rings. The summed E-state index contributed by atoms with van der Waals surface area (Å²) in [5.74, 6) is 2.45. The Morgan fingerprint density at radius 3 is 2.58 bits per heavy atom. The summed E-state index contributed by atoms with van der Waals surface area (Å²) in [7, 11) is 0. The highest BCUT2D eigenvalue weighted by molar-refractivity contribution is 5.88. The smallest absolute Gasteiger partial charge is 0.416 e. The van der Waals surface area contributed by atoms with Gasteiger partial charge < -0.3 is 15.7 Å². The van der Waals surface area contributed by atoms with Crippen LogP contribution in [0.4, 0.5) is 35.0 Å². The number of hydrogen-bond donors (Lipinski definition) is 3. The topological polar surface area (TPSA) is 78.6 Å². The third-order valence-electron chi connectivity index (χ3n) is 3.55. The van der Waals surface area contributed by atoms with Gasteiger partial charge in [0.15, 0.2) is 0 Å². The summed E-state index contributed by atoms with van der Waals surface area (Å²) in [6.07, 6.45) is -0.324. The Balaban J connectivity index is 2.28. The highest BCUT2D eigenvalue weighted by atomic mass is 19.4. The summed E-state index contributed by atoms with van der Waals surface area (Å²) >= 11 is 0. The molecule has 5 nitrogen and oxygen atoms in total. The number of benzene rings is 2. The molecule has 0 bridgehead atoms. The fourth-order valence-corrected chi connectivity index (χ4v) is 2.39. The number of nitrogen functional groups attached to an aromatic ring is 1. The third-order valence-corrected chi connectivity index (χ3v) is 3.55. The number of halogens is 3. The molecule has 8 heteroatoms. The van der Waals surface area contributed by atoms with Crippen LogP contribution >= 0.6 is 0 Å². The Labute approximate surface area is 148 Å². The third kappa shape index (κ3) is 4.83. The zero-order chi connectivity index (χ0) is 19.3. The molecular weight excluding hydrogens is 347 g/mol. The first-order valence-corrected chi connectivity index (χ1v) is 7.44. The van der Waals surface area contributed by atoms with Crippen LogP contribution in [0.1, 0.15) is 11.1 Å². The zero-order valence-electron chi connectivity index (χ0n) is 13.5. The van der Waals surface area contributed by atoms with Crippen LogP contribution in [0.2, 0.25) is 0 Å². The van der Waals surface area contributed by atoms with E-state index in [4.69, 9.17) is 17.3 Å². The van der Waals surface area contributed by atoms with E-state index in [9.17, 15) is 18.0 Å². The Kier molecular flexibility index (Phi) is 5.62. The van der Waals surface area contributed by atoms with Crippen molar-refractivity contribution >= 4 is 23.2 Å². The Morgan fingerprint density at radius 2 is 2.00 bits per heavy atom. The second-order valence-corrected chi connectivity index (χ2v) is 5.46. The second-order valence-electron chi connectivity index (χ2n) is 5.46. The normalized spacial score (nSPS) is 10.8. The number of nitrogens with two attached hydrogens (primary N) is 1. The monoisotopic (exact) mass is 363 g/mol. The molecule has 4 N–H and O–H groups in total. The first-order valence-electron chi connectivity index (χ1n) is 7.44. The van der Waals surface area contributed by atoms with Crippen molar-refractivity contribution < 1.29 is 23.1 Å². The average molecular weight is 363 g/mol. The number of carbonyl (C=O) groups is 1. The van der Waals surface area contributed by atoms with Gasteiger partial charge in [-0.05, 0) is 35.9 Å². The maximum Gasteiger partial charge on any atom is 0.416 e. The molecule has 0 atom stereocenters. The van der Waals surface area contributed by atoms with Gasteiger partial charge in [0, 0.05) is 12.2 Å². The highest BCUT2D eigenvalue weighted by Gasteiger charge is 2.30. The quantitative estimate of drug-likeness (QED) is 0.554. The van der Waals surface area contributed by atoms with Gasteiger partial charge in [-0.15, -0.1) is 6.42 Å². The number of alkyl halides is 3. The van der Waals surface area contributed by atoms with E-state index in [1.165, 1.54) is 18.2 Å². The maximum absolute atomic E-state index is 12.9. The number of rotatable bonds is 5. The van der Waals surface area contributed by atoms with Crippen molar-refractivity contribution in [3.63, 3.8) is 0 Å². The number of terminal acetylenes is 1. The van der Waals surface area contributed by atoms with Crippen LogP contribution in [0, 0.1) is 12.3 Å². The van der Waals surface area contributed by atoms with E-state index in [0.717, 1.165) is 12.1 Å². The van der Waals surface area contributed by atoms with Crippen molar-refractivity contribution in [3.8, 4) is 12.3 Å². The SMILES string of the molecule is C#CCN(Cc1cccc(C(F)(F)F)c1)c1ccc(NC(=O)O)c(N)c1. The lowest BCUT2D eigenvalue weighted by Crippen LogP contribution is -2.23. The van der Waals surface area contributed by atoms with Gasteiger partial charge in [-0.1, -0.05) is 18.1 Å². The molecule has 0 heterocycles. The summed E-state index contributed by atoms with van der Waals surface area (Å²) in [6.45, 7) is 0.278. The molecular formula is C18H16F3N3O2. The van der Waals surface area contributed by atoms with Crippen LogP contribution in [0.3, 0.4) is 0 Å². The molecule has 0 aliphatic rings. The standard InChI is InChI=1S/C18H16F3N3O2/c1-2-8-24(11-12-4-3-5-13(9-12)18(19,20)21)14-6-7-16(15(22)10-14)23-17(25)26/h1,3-7,9-10,23H,8,11,22H2,(H,25,26). The summed E-state index contributed by atoms with van der Waals surface area (Å²) in [5.41, 5.74) is 6.47. The van der Waals surface area contributed by atoms with Gasteiger partial charge in [0.05, 0.1) is 23.5 Å². The van der Waals surface area contributed by atoms with Crippen LogP contribution < -0.4 is 16.0 Å². The fourth-order valence-electron chi connectivity index (χ4n) is 2.39. The lowest BCUT2D eigenvalue weighted by molar-refractivity contribution is -0.137. The molecule has 0 fully saturated rings. The Morgan fingerprint density at radius 1 is 1.27 bits per heavy atom. The van der Waals surface area contributed by atoms with Gasteiger partial charge in [-0.2, -0.15) is 13.2 Å². The Bertz CT molecular complexity index is 844. The molecule has 1 amide bonds. The number of nitrogens with one attached hydrogen (secondary N) is 1. The van der Waals surface area contributed by atoms with Crippen molar-refractivity contribution in [2.45, 2.75) is 12.7 Å². The lowest BCUT2D eigenvalue weighted by atomic mass is 10.1. The molecule has 0 aromatic heterocycles. The van der Waals surface area contributed by atoms with Crippen molar-refractivity contribution in [2.24, 2.45) is 0 Å². The predicted molar refractivity (Wildman–Crippen MR) is 93.8 cm³/mol. The van der Waals surface area contributed by atoms with Crippen LogP contribution in [0.5, 0.6) is 0 Å². The van der Waals surface area contributed by atoms with E-state index in [0.29, 0.717) is 11.3 Å². The molecule has 26 heavy (non-hydrogen) atoms. The van der Waals surface area contributed by atoms with Crippen LogP contribution in [0.25, 0.3) is 0 Å². The zero-order valence-corrected chi connectivity index (χ0v) is 13.5. The summed E-state index contributed by atoms with van der Waals surface area (Å²) in [4.78, 5) is 12.4. The van der Waals surface area contributed by atoms with Gasteiger partial charge >= 0.3 is 12.3 Å². The molecule has 136 valence electrons. The van der Waals surface area contributed by atoms with E-state index in [2.05, 4.69) is 11.2 Å². The van der Waals surface area contributed by atoms with Crippen molar-refractivity contribution in [3.05, 3.63) is 53.6 Å². The van der Waals surface area contributed by atoms with Crippen molar-refractivity contribution in [1.29, 1.82) is 0 Å². The van der Waals surface area contributed by atoms with Crippen LogP contribution in [0.15, 0.2) is 42.5 Å². The first kappa shape index (κ1) is 19.0. The van der Waals surface area contributed by atoms with Gasteiger partial charge in [-0.25, -0.2) is 4.79 Å². The van der Waals surface area contributed by atoms with Crippen LogP contribution in [-0.2, 0) is 12.7 Å². The van der Waals surface area contributed by atoms with Crippen molar-refractivity contribution in [1.82, 2.24) is 0 Å². The maximum atomic E-state index is 12.9. The Hall–Kier alpha value is -3.34. The number of carboxylic acid groups (broad SMARTS) is 1. The summed E-state index contributed by atoms with van der Waals surface area (Å²) < 4.78 is 38.6. The number of nitrogens with zero attached hydrogens (tertiary/aromatic N) is 1. The minimum Gasteiger partial charge on any atom is -0.465 e. The minimum absolute atomic E-state index is 0.138. The largest absolute Gasteiger partial charge is 0.465 e. The number of anilines is 3. The number of hydrogen-bond acceptors (Lipinski definition) is 3. The van der Waals surface area contributed by atoms with Crippen molar-refractivity contribution in [2.75, 3.05) is 22.5 Å². The van der Waals surface area contributed by atoms with E-state index < -0.39 is 17.8 Å². The molecule has 0 aliphatic carbocycles. The summed E-state index contributed by atoms with van der Waals surface area (Å²) in [5, 5.41) is 10.9. The molecule has 0 spiro atoms. The van der Waals surface area contributed by atoms with Gasteiger partial charge in [0.1, 0.15) is 0 Å². The minimum atomic E-state index is -4.43. The van der Waals surface area contributed by atoms with Gasteiger partial charge in [0.25, 0.3) is 0 Å². The molecule has 2 aromatic carbocycles. The predicted octanol–water partition coefficient (Wildman–Crippen LogP) is 4.02. The molecule has 0 saturated carbocycles. The fraction of sp³-hybridized carbons (Fsp3) is 0.167. The summed E-state index contributed by atoms with van der Waals surface area (Å²) in [6, 6.07) is 9.53. The van der Waals surface area contributed by atoms with E-state index in [1.807, 2.05) is 0 Å². The van der Waals surface area contributed by atoms with E-state index in [-0.39, 0.29) is 24.5 Å². The molecule has 0 saturated heterocycles. The number of amides is 1. The second kappa shape index (κ2) is 7.70.